The van der Waals surface area contributed by atoms with E-state index in [0.717, 1.165) is 11.8 Å². The highest BCUT2D eigenvalue weighted by molar-refractivity contribution is 9.10. The molecule has 0 amide bonds. The van der Waals surface area contributed by atoms with Gasteiger partial charge in [-0.1, -0.05) is 23.7 Å². The Bertz CT molecular complexity index is 644. The van der Waals surface area contributed by atoms with Crippen LogP contribution in [0, 0.1) is 12.7 Å². The monoisotopic (exact) mass is 342 g/mol. The van der Waals surface area contributed by atoms with E-state index in [2.05, 4.69) is 15.9 Å². The number of carbonyl (C=O) groups is 1. The zero-order chi connectivity index (χ0) is 14.0. The number of benzene rings is 2. The summed E-state index contributed by atoms with van der Waals surface area (Å²) in [5, 5.41) is 0.282. The van der Waals surface area contributed by atoms with Crippen LogP contribution < -0.4 is 4.74 Å². The molecule has 0 saturated carbocycles. The summed E-state index contributed by atoms with van der Waals surface area (Å²) in [6.45, 7) is 1.83. The van der Waals surface area contributed by atoms with Crippen molar-refractivity contribution in [2.75, 3.05) is 0 Å². The van der Waals surface area contributed by atoms with Crippen molar-refractivity contribution in [1.82, 2.24) is 0 Å². The predicted molar refractivity (Wildman–Crippen MR) is 75.8 cm³/mol. The molecule has 0 heterocycles. The maximum absolute atomic E-state index is 13.5. The zero-order valence-electron chi connectivity index (χ0n) is 9.91. The lowest BCUT2D eigenvalue weighted by Gasteiger charge is -2.11. The summed E-state index contributed by atoms with van der Waals surface area (Å²) in [6, 6.07) is 7.63. The van der Waals surface area contributed by atoms with Crippen LogP contribution in [0.2, 0.25) is 5.02 Å². The Morgan fingerprint density at radius 2 is 2.00 bits per heavy atom. The quantitative estimate of drug-likeness (QED) is 0.569. The van der Waals surface area contributed by atoms with E-state index < -0.39 is 5.82 Å². The molecule has 19 heavy (non-hydrogen) atoms. The molecule has 2 nitrogen and oxygen atoms in total. The van der Waals surface area contributed by atoms with Gasteiger partial charge in [0.1, 0.15) is 23.6 Å². The van der Waals surface area contributed by atoms with Gasteiger partial charge in [-0.15, -0.1) is 0 Å². The topological polar surface area (TPSA) is 26.3 Å². The van der Waals surface area contributed by atoms with Gasteiger partial charge in [-0.3, -0.25) is 4.79 Å². The maximum atomic E-state index is 13.5. The van der Waals surface area contributed by atoms with Crippen molar-refractivity contribution in [3.63, 3.8) is 0 Å². The van der Waals surface area contributed by atoms with Crippen molar-refractivity contribution in [3.05, 3.63) is 56.8 Å². The molecule has 0 radical (unpaired) electrons. The maximum Gasteiger partial charge on any atom is 0.150 e. The fourth-order valence-electron chi connectivity index (χ4n) is 1.50. The summed E-state index contributed by atoms with van der Waals surface area (Å²) >= 11 is 9.03. The minimum atomic E-state index is -0.469. The lowest BCUT2D eigenvalue weighted by molar-refractivity contribution is 0.112. The molecule has 0 fully saturated rings. The second-order valence-corrected chi connectivity index (χ2v) is 5.20. The second kappa shape index (κ2) is 5.72. The van der Waals surface area contributed by atoms with Crippen LogP contribution in [0.25, 0.3) is 0 Å². The van der Waals surface area contributed by atoms with E-state index in [4.69, 9.17) is 16.3 Å². The van der Waals surface area contributed by atoms with Gasteiger partial charge in [0.2, 0.25) is 0 Å². The van der Waals surface area contributed by atoms with Crippen molar-refractivity contribution in [2.24, 2.45) is 0 Å². The highest BCUT2D eigenvalue weighted by Crippen LogP contribution is 2.34. The highest BCUT2D eigenvalue weighted by Gasteiger charge is 2.10. The van der Waals surface area contributed by atoms with Crippen LogP contribution in [0.5, 0.6) is 11.5 Å². The number of halogens is 3. The van der Waals surface area contributed by atoms with Gasteiger partial charge < -0.3 is 4.74 Å². The summed E-state index contributed by atoms with van der Waals surface area (Å²) < 4.78 is 19.3. The van der Waals surface area contributed by atoms with E-state index in [1.807, 2.05) is 6.92 Å². The van der Waals surface area contributed by atoms with Gasteiger partial charge in [0, 0.05) is 11.6 Å². The third-order valence-electron chi connectivity index (χ3n) is 2.54. The third-order valence-corrected chi connectivity index (χ3v) is 3.45. The van der Waals surface area contributed by atoms with Crippen LogP contribution in [0.15, 0.2) is 34.8 Å². The minimum absolute atomic E-state index is 0.202. The second-order valence-electron chi connectivity index (χ2n) is 3.94. The van der Waals surface area contributed by atoms with Gasteiger partial charge in [-0.25, -0.2) is 4.39 Å². The van der Waals surface area contributed by atoms with Crippen LogP contribution in [-0.2, 0) is 0 Å². The average Bonchev–Trinajstić information content (AvgIpc) is 2.38. The number of hydrogen-bond acceptors (Lipinski definition) is 2. The van der Waals surface area contributed by atoms with Crippen molar-refractivity contribution >= 4 is 33.8 Å². The van der Waals surface area contributed by atoms with Gasteiger partial charge in [0.05, 0.1) is 9.50 Å². The molecule has 98 valence electrons. The molecule has 0 N–H and O–H groups in total. The molecule has 0 spiro atoms. The first-order chi connectivity index (χ1) is 9.01. The van der Waals surface area contributed by atoms with Crippen molar-refractivity contribution in [3.8, 4) is 11.5 Å². The summed E-state index contributed by atoms with van der Waals surface area (Å²) in [5.74, 6) is 0.199. The van der Waals surface area contributed by atoms with E-state index in [1.165, 1.54) is 12.1 Å². The molecule has 2 rings (SSSR count). The first kappa shape index (κ1) is 14.0. The smallest absolute Gasteiger partial charge is 0.150 e. The Hall–Kier alpha value is -1.39. The first-order valence-corrected chi connectivity index (χ1v) is 6.56. The van der Waals surface area contributed by atoms with Crippen molar-refractivity contribution in [2.45, 2.75) is 6.92 Å². The Labute approximate surface area is 123 Å². The molecule has 0 aliphatic rings. The Morgan fingerprint density at radius 3 is 2.68 bits per heavy atom. The fourth-order valence-corrected chi connectivity index (χ4v) is 2.18. The molecule has 0 aromatic heterocycles. The van der Waals surface area contributed by atoms with E-state index in [-0.39, 0.29) is 15.2 Å². The third kappa shape index (κ3) is 3.14. The van der Waals surface area contributed by atoms with Gasteiger partial charge in [-0.2, -0.15) is 0 Å². The molecule has 5 heteroatoms. The van der Waals surface area contributed by atoms with E-state index in [0.29, 0.717) is 11.3 Å². The largest absolute Gasteiger partial charge is 0.455 e. The van der Waals surface area contributed by atoms with Crippen LogP contribution in [0.4, 0.5) is 4.39 Å². The van der Waals surface area contributed by atoms with Gasteiger partial charge in [-0.05, 0) is 40.5 Å². The van der Waals surface area contributed by atoms with Gasteiger partial charge >= 0.3 is 0 Å². The highest BCUT2D eigenvalue weighted by atomic mass is 79.9. The standard InChI is InChI=1S/C14H9BrClFO2/c1-8-2-3-9(7-18)4-13(8)19-14-6-12(17)10(15)5-11(14)16/h2-7H,1H3. The molecule has 2 aromatic rings. The molecule has 0 unspecified atom stereocenters. The number of hydrogen-bond donors (Lipinski definition) is 0. The Kier molecular flexibility index (Phi) is 4.22. The zero-order valence-corrected chi connectivity index (χ0v) is 12.3. The van der Waals surface area contributed by atoms with Crippen LogP contribution in [0.3, 0.4) is 0 Å². The molecular weight excluding hydrogens is 335 g/mol. The lowest BCUT2D eigenvalue weighted by Crippen LogP contribution is -1.92. The fraction of sp³-hybridized carbons (Fsp3) is 0.0714. The molecule has 0 atom stereocenters. The predicted octanol–water partition coefficient (Wildman–Crippen LogP) is 5.15. The molecule has 0 aliphatic heterocycles. The molecular formula is C14H9BrClFO2. The number of rotatable bonds is 3. The van der Waals surface area contributed by atoms with E-state index in [9.17, 15) is 9.18 Å². The Morgan fingerprint density at radius 1 is 1.26 bits per heavy atom. The summed E-state index contributed by atoms with van der Waals surface area (Å²) in [5.41, 5.74) is 1.30. The normalized spacial score (nSPS) is 10.3. The van der Waals surface area contributed by atoms with E-state index in [1.54, 1.807) is 18.2 Å². The molecule has 0 bridgehead atoms. The minimum Gasteiger partial charge on any atom is -0.455 e. The SMILES string of the molecule is Cc1ccc(C=O)cc1Oc1cc(F)c(Br)cc1Cl. The number of ether oxygens (including phenoxy) is 1. The van der Waals surface area contributed by atoms with Crippen LogP contribution in [0.1, 0.15) is 15.9 Å². The molecule has 0 aliphatic carbocycles. The summed E-state index contributed by atoms with van der Waals surface area (Å²) in [6.07, 6.45) is 0.718. The Balaban J connectivity index is 2.41. The number of aryl methyl sites for hydroxylation is 1. The summed E-state index contributed by atoms with van der Waals surface area (Å²) in [4.78, 5) is 10.7. The number of aldehydes is 1. The van der Waals surface area contributed by atoms with Crippen LogP contribution in [-0.4, -0.2) is 6.29 Å². The first-order valence-electron chi connectivity index (χ1n) is 5.39. The van der Waals surface area contributed by atoms with Crippen LogP contribution >= 0.6 is 27.5 Å². The van der Waals surface area contributed by atoms with Gasteiger partial charge in [0.25, 0.3) is 0 Å². The molecule has 2 aromatic carbocycles. The van der Waals surface area contributed by atoms with E-state index >= 15 is 0 Å². The van der Waals surface area contributed by atoms with Crippen molar-refractivity contribution < 1.29 is 13.9 Å². The summed E-state index contributed by atoms with van der Waals surface area (Å²) in [7, 11) is 0. The van der Waals surface area contributed by atoms with Gasteiger partial charge in [0.15, 0.2) is 0 Å². The lowest BCUT2D eigenvalue weighted by atomic mass is 10.1. The number of carbonyl (C=O) groups excluding carboxylic acids is 1. The molecule has 0 saturated heterocycles. The van der Waals surface area contributed by atoms with Crippen molar-refractivity contribution in [1.29, 1.82) is 0 Å². The average molecular weight is 344 g/mol.